The van der Waals surface area contributed by atoms with E-state index in [1.807, 2.05) is 0 Å². The zero-order valence-electron chi connectivity index (χ0n) is 4.15. The van der Waals surface area contributed by atoms with Crippen LogP contribution in [0.5, 0.6) is 0 Å². The van der Waals surface area contributed by atoms with Crippen LogP contribution in [0.15, 0.2) is 0 Å². The molecule has 2 nitrogen and oxygen atoms in total. The Morgan fingerprint density at radius 3 is 3.00 bits per heavy atom. The predicted octanol–water partition coefficient (Wildman–Crippen LogP) is 0.508. The van der Waals surface area contributed by atoms with Crippen LogP contribution in [0, 0.1) is 11.3 Å². The minimum atomic E-state index is 0. The number of nitrogens with zero attached hydrogens (tertiary/aromatic N) is 1. The number of hydrogen-bond acceptors (Lipinski definition) is 2. The SMILES string of the molecule is N#C[C@H]1CCCN1.[HH]. The molecular weight excluding hydrogens is 88.1 g/mol. The average molecular weight is 98.1 g/mol. The highest BCUT2D eigenvalue weighted by Gasteiger charge is 2.10. The molecule has 0 amide bonds. The van der Waals surface area contributed by atoms with Crippen molar-refractivity contribution in [3.8, 4) is 6.07 Å². The van der Waals surface area contributed by atoms with Crippen molar-refractivity contribution in [1.29, 1.82) is 5.26 Å². The fourth-order valence-corrected chi connectivity index (χ4v) is 0.795. The summed E-state index contributed by atoms with van der Waals surface area (Å²) in [7, 11) is 0. The van der Waals surface area contributed by atoms with Crippen LogP contribution in [0.25, 0.3) is 0 Å². The van der Waals surface area contributed by atoms with E-state index in [1.165, 1.54) is 0 Å². The molecule has 1 saturated heterocycles. The Morgan fingerprint density at radius 1 is 1.86 bits per heavy atom. The molecule has 0 aliphatic carbocycles. The molecule has 0 aromatic carbocycles. The molecule has 40 valence electrons. The third kappa shape index (κ3) is 0.908. The zero-order valence-corrected chi connectivity index (χ0v) is 4.15. The number of rotatable bonds is 0. The molecule has 1 rings (SSSR count). The summed E-state index contributed by atoms with van der Waals surface area (Å²) < 4.78 is 0. The molecule has 2 heteroatoms. The van der Waals surface area contributed by atoms with Gasteiger partial charge in [0.15, 0.2) is 0 Å². The molecule has 0 aromatic heterocycles. The summed E-state index contributed by atoms with van der Waals surface area (Å²) in [6.45, 7) is 1.03. The summed E-state index contributed by atoms with van der Waals surface area (Å²) in [5.74, 6) is 0. The standard InChI is InChI=1S/C5H8N2.H2/c6-4-5-2-1-3-7-5;/h5,7H,1-3H2;1H/t5-;/m1./s1. The average Bonchev–Trinajstić information content (AvgIpc) is 2.14. The Balaban J connectivity index is 0.000000490. The van der Waals surface area contributed by atoms with Crippen molar-refractivity contribution in [3.63, 3.8) is 0 Å². The van der Waals surface area contributed by atoms with Crippen molar-refractivity contribution in [1.82, 2.24) is 5.32 Å². The molecule has 7 heavy (non-hydrogen) atoms. The lowest BCUT2D eigenvalue weighted by atomic mass is 10.2. The number of nitrogens with one attached hydrogen (secondary N) is 1. The zero-order chi connectivity index (χ0) is 5.11. The maximum atomic E-state index is 8.25. The quantitative estimate of drug-likeness (QED) is 0.479. The van der Waals surface area contributed by atoms with E-state index in [4.69, 9.17) is 5.26 Å². The van der Waals surface area contributed by atoms with Gasteiger partial charge in [-0.2, -0.15) is 5.26 Å². The summed E-state index contributed by atoms with van der Waals surface area (Å²) in [5, 5.41) is 11.3. The molecule has 1 heterocycles. The molecule has 0 aromatic rings. The van der Waals surface area contributed by atoms with Crippen molar-refractivity contribution in [2.45, 2.75) is 18.9 Å². The van der Waals surface area contributed by atoms with E-state index >= 15 is 0 Å². The van der Waals surface area contributed by atoms with E-state index in [0.29, 0.717) is 0 Å². The summed E-state index contributed by atoms with van der Waals surface area (Å²) in [6.07, 6.45) is 2.20. The van der Waals surface area contributed by atoms with E-state index in [1.54, 1.807) is 0 Å². The van der Waals surface area contributed by atoms with Crippen LogP contribution in [-0.2, 0) is 0 Å². The Hall–Kier alpha value is -0.550. The number of nitriles is 1. The van der Waals surface area contributed by atoms with Gasteiger partial charge in [0.1, 0.15) is 0 Å². The van der Waals surface area contributed by atoms with Crippen LogP contribution in [0.1, 0.15) is 14.3 Å². The molecule has 0 spiro atoms. The monoisotopic (exact) mass is 98.1 g/mol. The van der Waals surface area contributed by atoms with Crippen LogP contribution in [0.4, 0.5) is 0 Å². The maximum Gasteiger partial charge on any atom is 0.0953 e. The Morgan fingerprint density at radius 2 is 2.71 bits per heavy atom. The molecule has 0 unspecified atom stereocenters. The lowest BCUT2D eigenvalue weighted by Gasteiger charge is -1.91. The molecule has 0 radical (unpaired) electrons. The summed E-state index contributed by atoms with van der Waals surface area (Å²) in [4.78, 5) is 0. The normalized spacial score (nSPS) is 29.9. The minimum Gasteiger partial charge on any atom is -0.302 e. The molecular formula is C5H10N2. The van der Waals surface area contributed by atoms with Crippen LogP contribution in [0.3, 0.4) is 0 Å². The van der Waals surface area contributed by atoms with Gasteiger partial charge in [-0.3, -0.25) is 0 Å². The maximum absolute atomic E-state index is 8.25. The van der Waals surface area contributed by atoms with Crippen molar-refractivity contribution in [2.75, 3.05) is 6.54 Å². The summed E-state index contributed by atoms with van der Waals surface area (Å²) in [5.41, 5.74) is 0. The molecule has 1 aliphatic heterocycles. The van der Waals surface area contributed by atoms with Crippen molar-refractivity contribution >= 4 is 0 Å². The predicted molar refractivity (Wildman–Crippen MR) is 28.8 cm³/mol. The third-order valence-electron chi connectivity index (χ3n) is 1.22. The van der Waals surface area contributed by atoms with Crippen molar-refractivity contribution < 1.29 is 1.43 Å². The highest BCUT2D eigenvalue weighted by Crippen LogP contribution is 2.01. The first kappa shape index (κ1) is 4.61. The van der Waals surface area contributed by atoms with Crippen LogP contribution >= 0.6 is 0 Å². The van der Waals surface area contributed by atoms with Crippen molar-refractivity contribution in [3.05, 3.63) is 0 Å². The van der Waals surface area contributed by atoms with Gasteiger partial charge in [0.2, 0.25) is 0 Å². The van der Waals surface area contributed by atoms with E-state index in [9.17, 15) is 0 Å². The third-order valence-corrected chi connectivity index (χ3v) is 1.22. The molecule has 0 bridgehead atoms. The lowest BCUT2D eigenvalue weighted by Crippen LogP contribution is -2.18. The topological polar surface area (TPSA) is 35.8 Å². The fraction of sp³-hybridized carbons (Fsp3) is 0.800. The molecule has 1 N–H and O–H groups in total. The van der Waals surface area contributed by atoms with Gasteiger partial charge in [0, 0.05) is 1.43 Å². The Bertz CT molecular complexity index is 91.1. The van der Waals surface area contributed by atoms with Crippen LogP contribution in [0.2, 0.25) is 0 Å². The first-order valence-corrected chi connectivity index (χ1v) is 2.56. The van der Waals surface area contributed by atoms with E-state index in [0.717, 1.165) is 19.4 Å². The van der Waals surface area contributed by atoms with Gasteiger partial charge in [-0.15, -0.1) is 0 Å². The number of hydrogen-bond donors (Lipinski definition) is 1. The van der Waals surface area contributed by atoms with Gasteiger partial charge in [-0.1, -0.05) is 0 Å². The van der Waals surface area contributed by atoms with Crippen LogP contribution < -0.4 is 5.32 Å². The smallest absolute Gasteiger partial charge is 0.0953 e. The second-order valence-electron chi connectivity index (χ2n) is 1.78. The van der Waals surface area contributed by atoms with Gasteiger partial charge < -0.3 is 5.32 Å². The summed E-state index contributed by atoms with van der Waals surface area (Å²) >= 11 is 0. The van der Waals surface area contributed by atoms with E-state index in [2.05, 4.69) is 11.4 Å². The summed E-state index contributed by atoms with van der Waals surface area (Å²) in [6, 6.07) is 2.31. The van der Waals surface area contributed by atoms with Crippen molar-refractivity contribution in [2.24, 2.45) is 0 Å². The second-order valence-corrected chi connectivity index (χ2v) is 1.78. The van der Waals surface area contributed by atoms with Crippen LogP contribution in [-0.4, -0.2) is 12.6 Å². The molecule has 1 atom stereocenters. The Labute approximate surface area is 44.6 Å². The minimum absolute atomic E-state index is 0. The first-order valence-electron chi connectivity index (χ1n) is 2.56. The second kappa shape index (κ2) is 1.94. The largest absolute Gasteiger partial charge is 0.302 e. The van der Waals surface area contributed by atoms with Gasteiger partial charge >= 0.3 is 0 Å². The Kier molecular flexibility index (Phi) is 1.28. The van der Waals surface area contributed by atoms with Gasteiger partial charge in [-0.25, -0.2) is 0 Å². The van der Waals surface area contributed by atoms with Gasteiger partial charge in [-0.05, 0) is 19.4 Å². The lowest BCUT2D eigenvalue weighted by molar-refractivity contribution is 0.740. The van der Waals surface area contributed by atoms with E-state index < -0.39 is 0 Å². The highest BCUT2D eigenvalue weighted by atomic mass is 14.9. The fourth-order valence-electron chi connectivity index (χ4n) is 0.795. The van der Waals surface area contributed by atoms with Gasteiger partial charge in [0.25, 0.3) is 0 Å². The first-order chi connectivity index (χ1) is 3.43. The highest BCUT2D eigenvalue weighted by molar-refractivity contribution is 4.92. The molecule has 0 saturated carbocycles. The molecule has 1 fully saturated rings. The van der Waals surface area contributed by atoms with Gasteiger partial charge in [0.05, 0.1) is 12.1 Å². The molecule has 1 aliphatic rings. The van der Waals surface area contributed by atoms with E-state index in [-0.39, 0.29) is 7.47 Å².